The van der Waals surface area contributed by atoms with E-state index in [-0.39, 0.29) is 18.1 Å². The van der Waals surface area contributed by atoms with E-state index in [9.17, 15) is 9.59 Å². The first-order chi connectivity index (χ1) is 11.5. The van der Waals surface area contributed by atoms with Gasteiger partial charge >= 0.3 is 0 Å². The molecule has 3 aromatic rings. The lowest BCUT2D eigenvalue weighted by molar-refractivity contribution is -0.118. The smallest absolute Gasteiger partial charge is 0.262 e. The summed E-state index contributed by atoms with van der Waals surface area (Å²) in [6.45, 7) is 3.67. The molecule has 0 unspecified atom stereocenters. The van der Waals surface area contributed by atoms with Gasteiger partial charge in [-0.1, -0.05) is 23.8 Å². The summed E-state index contributed by atoms with van der Waals surface area (Å²) < 4.78 is 5.45. The van der Waals surface area contributed by atoms with E-state index in [1.807, 2.05) is 43.3 Å². The van der Waals surface area contributed by atoms with Crippen molar-refractivity contribution in [2.24, 2.45) is 0 Å². The van der Waals surface area contributed by atoms with Gasteiger partial charge in [0.1, 0.15) is 5.75 Å². The van der Waals surface area contributed by atoms with Gasteiger partial charge < -0.3 is 15.0 Å². The molecule has 3 rings (SSSR count). The molecule has 2 aromatic carbocycles. The Bertz CT molecular complexity index is 943. The van der Waals surface area contributed by atoms with Crippen LogP contribution < -0.4 is 15.6 Å². The number of hydrogen-bond acceptors (Lipinski definition) is 3. The molecule has 5 heteroatoms. The van der Waals surface area contributed by atoms with E-state index in [0.717, 1.165) is 10.9 Å². The third-order valence-electron chi connectivity index (χ3n) is 3.71. The number of pyridine rings is 1. The molecule has 0 saturated heterocycles. The van der Waals surface area contributed by atoms with Crippen molar-refractivity contribution in [2.45, 2.75) is 13.8 Å². The Morgan fingerprint density at radius 1 is 1.08 bits per heavy atom. The Morgan fingerprint density at radius 2 is 1.83 bits per heavy atom. The van der Waals surface area contributed by atoms with Crippen molar-refractivity contribution < 1.29 is 9.53 Å². The molecule has 0 radical (unpaired) electrons. The highest BCUT2D eigenvalue weighted by atomic mass is 16.5. The summed E-state index contributed by atoms with van der Waals surface area (Å²) >= 11 is 0. The van der Waals surface area contributed by atoms with E-state index in [4.69, 9.17) is 4.74 Å². The molecule has 2 N–H and O–H groups in total. The third kappa shape index (κ3) is 3.63. The number of nitrogens with one attached hydrogen (secondary N) is 2. The summed E-state index contributed by atoms with van der Waals surface area (Å²) in [5, 5.41) is 3.68. The first kappa shape index (κ1) is 15.8. The number of H-pyrrole nitrogens is 1. The second kappa shape index (κ2) is 6.58. The van der Waals surface area contributed by atoms with Crippen LogP contribution in [0.25, 0.3) is 10.9 Å². The highest BCUT2D eigenvalue weighted by molar-refractivity contribution is 5.94. The zero-order chi connectivity index (χ0) is 17.1. The highest BCUT2D eigenvalue weighted by Crippen LogP contribution is 2.17. The van der Waals surface area contributed by atoms with Gasteiger partial charge in [-0.15, -0.1) is 0 Å². The Morgan fingerprint density at radius 3 is 2.58 bits per heavy atom. The van der Waals surface area contributed by atoms with Crippen LogP contribution in [0.4, 0.5) is 5.69 Å². The third-order valence-corrected chi connectivity index (χ3v) is 3.71. The predicted molar refractivity (Wildman–Crippen MR) is 94.6 cm³/mol. The number of carbonyl (C=O) groups excluding carboxylic acids is 1. The van der Waals surface area contributed by atoms with Crippen LogP contribution in [-0.2, 0) is 4.79 Å². The Labute approximate surface area is 139 Å². The van der Waals surface area contributed by atoms with E-state index < -0.39 is 0 Å². The number of fused-ring (bicyclic) bond motifs is 1. The number of aromatic nitrogens is 1. The number of aryl methyl sites for hydroxylation is 2. The van der Waals surface area contributed by atoms with Crippen molar-refractivity contribution in [3.05, 3.63) is 70.0 Å². The van der Waals surface area contributed by atoms with Crippen molar-refractivity contribution in [1.82, 2.24) is 4.98 Å². The number of anilines is 1. The second-order valence-electron chi connectivity index (χ2n) is 5.73. The summed E-state index contributed by atoms with van der Waals surface area (Å²) in [5.41, 5.74) is 2.95. The van der Waals surface area contributed by atoms with Gasteiger partial charge in [0.25, 0.3) is 11.5 Å². The molecular weight excluding hydrogens is 304 g/mol. The van der Waals surface area contributed by atoms with E-state index in [1.165, 1.54) is 0 Å². The number of carbonyl (C=O) groups is 1. The largest absolute Gasteiger partial charge is 0.484 e. The molecule has 0 aliphatic carbocycles. The highest BCUT2D eigenvalue weighted by Gasteiger charge is 2.06. The summed E-state index contributed by atoms with van der Waals surface area (Å²) in [4.78, 5) is 26.5. The van der Waals surface area contributed by atoms with Crippen LogP contribution in [0.3, 0.4) is 0 Å². The standard InChI is InChI=1S/C19H18N2O3/c1-12-3-7-16(8-4-12)24-11-18(22)20-15-6-5-14-9-13(2)19(23)21-17(14)10-15/h3-10H,11H2,1-2H3,(H,20,22)(H,21,23). The molecule has 5 nitrogen and oxygen atoms in total. The zero-order valence-corrected chi connectivity index (χ0v) is 13.6. The Balaban J connectivity index is 1.67. The van der Waals surface area contributed by atoms with E-state index in [1.54, 1.807) is 19.1 Å². The average Bonchev–Trinajstić information content (AvgIpc) is 2.56. The quantitative estimate of drug-likeness (QED) is 0.775. The Hall–Kier alpha value is -3.08. The van der Waals surface area contributed by atoms with Gasteiger partial charge in [0.2, 0.25) is 0 Å². The van der Waals surface area contributed by atoms with Gasteiger partial charge in [0, 0.05) is 11.3 Å². The van der Waals surface area contributed by atoms with Gasteiger partial charge in [0.05, 0.1) is 5.52 Å². The fraction of sp³-hybridized carbons (Fsp3) is 0.158. The van der Waals surface area contributed by atoms with Crippen LogP contribution >= 0.6 is 0 Å². The summed E-state index contributed by atoms with van der Waals surface area (Å²) in [5.74, 6) is 0.387. The molecular formula is C19H18N2O3. The lowest BCUT2D eigenvalue weighted by atomic mass is 10.1. The normalized spacial score (nSPS) is 10.6. The monoisotopic (exact) mass is 322 g/mol. The molecule has 0 aliphatic rings. The van der Waals surface area contributed by atoms with E-state index in [2.05, 4.69) is 10.3 Å². The van der Waals surface area contributed by atoms with Crippen molar-refractivity contribution in [3.8, 4) is 5.75 Å². The maximum atomic E-state index is 12.0. The van der Waals surface area contributed by atoms with Crippen molar-refractivity contribution in [1.29, 1.82) is 0 Å². The van der Waals surface area contributed by atoms with Crippen molar-refractivity contribution in [3.63, 3.8) is 0 Å². The van der Waals surface area contributed by atoms with Gasteiger partial charge in [-0.3, -0.25) is 9.59 Å². The Kier molecular flexibility index (Phi) is 4.33. The zero-order valence-electron chi connectivity index (χ0n) is 13.6. The van der Waals surface area contributed by atoms with Crippen molar-refractivity contribution >= 4 is 22.5 Å². The minimum absolute atomic E-state index is 0.0779. The van der Waals surface area contributed by atoms with Crippen LogP contribution in [0.1, 0.15) is 11.1 Å². The number of aromatic amines is 1. The SMILES string of the molecule is Cc1ccc(OCC(=O)Nc2ccc3cc(C)c(=O)[nH]c3c2)cc1. The van der Waals surface area contributed by atoms with Gasteiger partial charge in [-0.25, -0.2) is 0 Å². The van der Waals surface area contributed by atoms with Gasteiger partial charge in [-0.2, -0.15) is 0 Å². The topological polar surface area (TPSA) is 71.2 Å². The number of benzene rings is 2. The first-order valence-corrected chi connectivity index (χ1v) is 7.64. The van der Waals surface area contributed by atoms with Crippen LogP contribution in [0.15, 0.2) is 53.3 Å². The summed E-state index contributed by atoms with van der Waals surface area (Å²) in [7, 11) is 0. The first-order valence-electron chi connectivity index (χ1n) is 7.64. The molecule has 0 fully saturated rings. The number of rotatable bonds is 4. The molecule has 24 heavy (non-hydrogen) atoms. The molecule has 122 valence electrons. The van der Waals surface area contributed by atoms with Crippen molar-refractivity contribution in [2.75, 3.05) is 11.9 Å². The van der Waals surface area contributed by atoms with Crippen LogP contribution in [0, 0.1) is 13.8 Å². The fourth-order valence-electron chi connectivity index (χ4n) is 2.37. The fourth-order valence-corrected chi connectivity index (χ4v) is 2.37. The number of amides is 1. The average molecular weight is 322 g/mol. The predicted octanol–water partition coefficient (Wildman–Crippen LogP) is 3.16. The van der Waals surface area contributed by atoms with Crippen LogP contribution in [0.5, 0.6) is 5.75 Å². The molecule has 0 spiro atoms. The molecule has 0 atom stereocenters. The van der Waals surface area contributed by atoms with E-state index >= 15 is 0 Å². The van der Waals surface area contributed by atoms with Crippen LogP contribution in [0.2, 0.25) is 0 Å². The molecule has 0 saturated carbocycles. The molecule has 1 heterocycles. The summed E-state index contributed by atoms with van der Waals surface area (Å²) in [6, 6.07) is 14.7. The molecule has 1 amide bonds. The van der Waals surface area contributed by atoms with E-state index in [0.29, 0.717) is 22.5 Å². The minimum Gasteiger partial charge on any atom is -0.484 e. The lowest BCUT2D eigenvalue weighted by Crippen LogP contribution is -2.20. The number of ether oxygens (including phenoxy) is 1. The molecule has 0 aliphatic heterocycles. The minimum atomic E-state index is -0.260. The maximum absolute atomic E-state index is 12.0. The number of hydrogen-bond donors (Lipinski definition) is 2. The van der Waals surface area contributed by atoms with Gasteiger partial charge in [0.15, 0.2) is 6.61 Å². The lowest BCUT2D eigenvalue weighted by Gasteiger charge is -2.09. The maximum Gasteiger partial charge on any atom is 0.262 e. The second-order valence-corrected chi connectivity index (χ2v) is 5.73. The summed E-state index contributed by atoms with van der Waals surface area (Å²) in [6.07, 6.45) is 0. The van der Waals surface area contributed by atoms with Crippen LogP contribution in [-0.4, -0.2) is 17.5 Å². The van der Waals surface area contributed by atoms with Gasteiger partial charge in [-0.05, 0) is 49.6 Å². The molecule has 0 bridgehead atoms. The molecule has 1 aromatic heterocycles.